The second-order valence-corrected chi connectivity index (χ2v) is 1.83. The molecular weight excluding hydrogens is 122 g/mol. The quantitative estimate of drug-likeness (QED) is 0.253. The van der Waals surface area contributed by atoms with Gasteiger partial charge in [0.15, 0.2) is 0 Å². The number of hydrogen-bond donors (Lipinski definition) is 1. The maximum absolute atomic E-state index is 8.52. The van der Waals surface area contributed by atoms with E-state index in [1.807, 2.05) is 0 Å². The predicted octanol–water partition coefficient (Wildman–Crippen LogP) is 0.0564. The van der Waals surface area contributed by atoms with E-state index in [4.69, 9.17) is 15.4 Å². The number of aliphatic hydroxyl groups is 1. The van der Waals surface area contributed by atoms with Crippen molar-refractivity contribution in [3.8, 4) is 0 Å². The Morgan fingerprint density at radius 1 is 2.00 bits per heavy atom. The van der Waals surface area contributed by atoms with E-state index in [-0.39, 0.29) is 18.8 Å². The highest BCUT2D eigenvalue weighted by molar-refractivity contribution is 4.84. The maximum atomic E-state index is 8.52. The van der Waals surface area contributed by atoms with Crippen LogP contribution < -0.4 is 0 Å². The largest absolute Gasteiger partial charge is 0.396 e. The van der Waals surface area contributed by atoms with E-state index >= 15 is 0 Å². The van der Waals surface area contributed by atoms with Gasteiger partial charge in [-0.25, -0.2) is 0 Å². The van der Waals surface area contributed by atoms with Gasteiger partial charge in [-0.2, -0.15) is 0 Å². The third-order valence-electron chi connectivity index (χ3n) is 1.18. The Labute approximate surface area is 51.9 Å². The van der Waals surface area contributed by atoms with Crippen molar-refractivity contribution in [1.82, 2.24) is 0 Å². The lowest BCUT2D eigenvalue weighted by molar-refractivity contribution is 0.237. The summed E-state index contributed by atoms with van der Waals surface area (Å²) in [4.78, 5) is 2.55. The summed E-state index contributed by atoms with van der Waals surface area (Å²) in [6.07, 6.45) is -0.0362. The summed E-state index contributed by atoms with van der Waals surface area (Å²) in [5, 5.41) is 11.8. The van der Waals surface area contributed by atoms with Crippen molar-refractivity contribution in [2.75, 3.05) is 13.2 Å². The van der Waals surface area contributed by atoms with Crippen LogP contribution in [-0.4, -0.2) is 30.5 Å². The van der Waals surface area contributed by atoms with E-state index in [2.05, 4.69) is 10.0 Å². The average Bonchev–Trinajstić information content (AvgIpc) is 2.64. The summed E-state index contributed by atoms with van der Waals surface area (Å²) in [6, 6.07) is -0.380. The summed E-state index contributed by atoms with van der Waals surface area (Å²) in [7, 11) is 0. The Balaban J connectivity index is 2.37. The molecule has 1 heterocycles. The van der Waals surface area contributed by atoms with Crippen LogP contribution in [0, 0.1) is 0 Å². The fourth-order valence-electron chi connectivity index (χ4n) is 0.572. The molecule has 0 bridgehead atoms. The standard InChI is InChI=1S/C4H7N3O2/c5-7-6-3(1-8)4-2-9-4/h3-4,8H,1-2H2/t3-,4+/m0/s1. The van der Waals surface area contributed by atoms with Crippen LogP contribution in [0.2, 0.25) is 0 Å². The van der Waals surface area contributed by atoms with Crippen LogP contribution in [0.15, 0.2) is 5.11 Å². The molecule has 0 radical (unpaired) electrons. The van der Waals surface area contributed by atoms with E-state index in [9.17, 15) is 0 Å². The summed E-state index contributed by atoms with van der Waals surface area (Å²) >= 11 is 0. The molecule has 1 N–H and O–H groups in total. The van der Waals surface area contributed by atoms with Gasteiger partial charge >= 0.3 is 0 Å². The fourth-order valence-corrected chi connectivity index (χ4v) is 0.572. The molecule has 2 atom stereocenters. The summed E-state index contributed by atoms with van der Waals surface area (Å²) < 4.78 is 4.79. The van der Waals surface area contributed by atoms with Crippen molar-refractivity contribution in [3.05, 3.63) is 10.4 Å². The number of aliphatic hydroxyl groups excluding tert-OH is 1. The Morgan fingerprint density at radius 2 is 2.67 bits per heavy atom. The van der Waals surface area contributed by atoms with E-state index in [0.717, 1.165) is 0 Å². The lowest BCUT2D eigenvalue weighted by Crippen LogP contribution is -2.16. The van der Waals surface area contributed by atoms with Crippen LogP contribution in [0.25, 0.3) is 10.4 Å². The molecule has 9 heavy (non-hydrogen) atoms. The SMILES string of the molecule is [N-]=[N+]=N[C@@H](CO)[C@H]1CO1. The number of nitrogens with zero attached hydrogens (tertiary/aromatic N) is 3. The van der Waals surface area contributed by atoms with E-state index in [1.54, 1.807) is 0 Å². The molecule has 1 fully saturated rings. The van der Waals surface area contributed by atoms with Crippen molar-refractivity contribution < 1.29 is 9.84 Å². The summed E-state index contributed by atoms with van der Waals surface area (Å²) in [6.45, 7) is 0.471. The third kappa shape index (κ3) is 1.57. The highest BCUT2D eigenvalue weighted by Gasteiger charge is 2.31. The molecule has 5 heteroatoms. The van der Waals surface area contributed by atoms with Crippen molar-refractivity contribution in [1.29, 1.82) is 0 Å². The normalized spacial score (nSPS) is 26.6. The molecule has 0 spiro atoms. The van der Waals surface area contributed by atoms with Gasteiger partial charge in [0.1, 0.15) is 0 Å². The van der Waals surface area contributed by atoms with Crippen LogP contribution in [0.1, 0.15) is 0 Å². The summed E-state index contributed by atoms with van der Waals surface area (Å²) in [5.41, 5.74) is 7.94. The molecule has 50 valence electrons. The maximum Gasteiger partial charge on any atom is 0.0916 e. The summed E-state index contributed by atoms with van der Waals surface area (Å²) in [5.74, 6) is 0. The Morgan fingerprint density at radius 3 is 3.00 bits per heavy atom. The zero-order valence-corrected chi connectivity index (χ0v) is 4.77. The molecule has 0 saturated carbocycles. The highest BCUT2D eigenvalue weighted by Crippen LogP contribution is 2.16. The molecular formula is C4H7N3O2. The first kappa shape index (κ1) is 6.35. The molecule has 0 aromatic heterocycles. The Hall–Kier alpha value is -0.770. The van der Waals surface area contributed by atoms with Crippen LogP contribution in [-0.2, 0) is 4.74 Å². The molecule has 1 aliphatic heterocycles. The van der Waals surface area contributed by atoms with Crippen molar-refractivity contribution in [2.24, 2.45) is 5.11 Å². The van der Waals surface area contributed by atoms with Gasteiger partial charge in [-0.05, 0) is 5.53 Å². The van der Waals surface area contributed by atoms with Crippen LogP contribution in [0.3, 0.4) is 0 Å². The van der Waals surface area contributed by atoms with E-state index in [1.165, 1.54) is 0 Å². The lowest BCUT2D eigenvalue weighted by Gasteiger charge is -1.98. The second kappa shape index (κ2) is 2.68. The Kier molecular flexibility index (Phi) is 1.89. The average molecular weight is 129 g/mol. The van der Waals surface area contributed by atoms with Crippen molar-refractivity contribution in [3.63, 3.8) is 0 Å². The van der Waals surface area contributed by atoms with Gasteiger partial charge in [0.25, 0.3) is 0 Å². The molecule has 1 aliphatic rings. The number of hydrogen-bond acceptors (Lipinski definition) is 3. The van der Waals surface area contributed by atoms with Gasteiger partial charge in [0.05, 0.1) is 25.4 Å². The van der Waals surface area contributed by atoms with E-state index < -0.39 is 0 Å². The molecule has 1 rings (SSSR count). The number of azide groups is 1. The lowest BCUT2D eigenvalue weighted by atomic mass is 10.2. The van der Waals surface area contributed by atoms with E-state index in [0.29, 0.717) is 6.61 Å². The second-order valence-electron chi connectivity index (χ2n) is 1.83. The zero-order valence-electron chi connectivity index (χ0n) is 4.77. The molecule has 0 unspecified atom stereocenters. The zero-order chi connectivity index (χ0) is 6.69. The van der Waals surface area contributed by atoms with Gasteiger partial charge in [-0.1, -0.05) is 5.11 Å². The number of epoxide rings is 1. The minimum atomic E-state index is -0.380. The van der Waals surface area contributed by atoms with Gasteiger partial charge in [-0.3, -0.25) is 0 Å². The first-order valence-corrected chi connectivity index (χ1v) is 2.65. The predicted molar refractivity (Wildman–Crippen MR) is 29.8 cm³/mol. The topological polar surface area (TPSA) is 81.5 Å². The third-order valence-corrected chi connectivity index (χ3v) is 1.18. The van der Waals surface area contributed by atoms with Crippen LogP contribution >= 0.6 is 0 Å². The molecule has 5 nitrogen and oxygen atoms in total. The smallest absolute Gasteiger partial charge is 0.0916 e. The Bertz CT molecular complexity index is 139. The van der Waals surface area contributed by atoms with Gasteiger partial charge in [-0.15, -0.1) is 0 Å². The minimum Gasteiger partial charge on any atom is -0.396 e. The fraction of sp³-hybridized carbons (Fsp3) is 1.00. The first-order valence-electron chi connectivity index (χ1n) is 2.65. The van der Waals surface area contributed by atoms with Gasteiger partial charge in [0, 0.05) is 4.91 Å². The molecule has 0 aromatic rings. The molecule has 0 amide bonds. The number of ether oxygens (including phenoxy) is 1. The van der Waals surface area contributed by atoms with Gasteiger partial charge in [0.2, 0.25) is 0 Å². The van der Waals surface area contributed by atoms with Crippen LogP contribution in [0.4, 0.5) is 0 Å². The molecule has 0 aromatic carbocycles. The number of rotatable bonds is 3. The van der Waals surface area contributed by atoms with Crippen molar-refractivity contribution >= 4 is 0 Å². The molecule has 0 aliphatic carbocycles. The molecule has 1 saturated heterocycles. The first-order chi connectivity index (χ1) is 4.38. The van der Waals surface area contributed by atoms with Gasteiger partial charge < -0.3 is 9.84 Å². The monoisotopic (exact) mass is 129 g/mol. The van der Waals surface area contributed by atoms with Crippen LogP contribution in [0.5, 0.6) is 0 Å². The minimum absolute atomic E-state index is 0.0362. The van der Waals surface area contributed by atoms with Crippen molar-refractivity contribution in [2.45, 2.75) is 12.1 Å². The highest BCUT2D eigenvalue weighted by atomic mass is 16.6.